The number of allylic oxidation sites excluding steroid dienone is 1. The average Bonchev–Trinajstić information content (AvgIpc) is 2.14. The molecule has 1 aliphatic rings. The van der Waals surface area contributed by atoms with Crippen LogP contribution in [0.25, 0.3) is 0 Å². The molecule has 1 rings (SSSR count). The van der Waals surface area contributed by atoms with Crippen molar-refractivity contribution < 1.29 is 14.3 Å². The highest BCUT2D eigenvalue weighted by molar-refractivity contribution is 5.89. The molecule has 1 fully saturated rings. The van der Waals surface area contributed by atoms with E-state index in [1.54, 1.807) is 11.0 Å². The molecule has 0 aliphatic carbocycles. The highest BCUT2D eigenvalue weighted by Gasteiger charge is 2.49. The molecular formula is C14H23NO3. The molecule has 4 nitrogen and oxygen atoms in total. The first kappa shape index (κ1) is 14.7. The van der Waals surface area contributed by atoms with Gasteiger partial charge < -0.3 is 9.64 Å². The summed E-state index contributed by atoms with van der Waals surface area (Å²) >= 11 is 0. The SMILES string of the molecule is C=CCC(=O)C1(CC)CN(C(=O)OC(C)(C)C)C1. The molecule has 0 aromatic rings. The fourth-order valence-corrected chi connectivity index (χ4v) is 2.08. The maximum Gasteiger partial charge on any atom is 0.410 e. The average molecular weight is 253 g/mol. The molecule has 0 aromatic heterocycles. The second-order valence-electron chi connectivity index (χ2n) is 5.89. The number of hydrogen-bond donors (Lipinski definition) is 0. The molecule has 1 aliphatic heterocycles. The zero-order chi connectivity index (χ0) is 14.0. The summed E-state index contributed by atoms with van der Waals surface area (Å²) in [7, 11) is 0. The topological polar surface area (TPSA) is 46.6 Å². The van der Waals surface area contributed by atoms with E-state index in [0.717, 1.165) is 6.42 Å². The third kappa shape index (κ3) is 3.12. The number of hydrogen-bond acceptors (Lipinski definition) is 3. The second-order valence-corrected chi connectivity index (χ2v) is 5.89. The molecule has 0 bridgehead atoms. The van der Waals surface area contributed by atoms with Gasteiger partial charge in [0.1, 0.15) is 11.4 Å². The van der Waals surface area contributed by atoms with Crippen molar-refractivity contribution in [2.45, 2.75) is 46.1 Å². The van der Waals surface area contributed by atoms with Gasteiger partial charge in [-0.3, -0.25) is 4.79 Å². The van der Waals surface area contributed by atoms with Gasteiger partial charge in [-0.05, 0) is 27.2 Å². The number of likely N-dealkylation sites (tertiary alicyclic amines) is 1. The molecule has 0 atom stereocenters. The number of ketones is 1. The summed E-state index contributed by atoms with van der Waals surface area (Å²) in [6, 6.07) is 0. The summed E-state index contributed by atoms with van der Waals surface area (Å²) in [4.78, 5) is 25.4. The van der Waals surface area contributed by atoms with E-state index in [-0.39, 0.29) is 17.3 Å². The molecule has 0 aromatic carbocycles. The van der Waals surface area contributed by atoms with E-state index in [0.29, 0.717) is 19.5 Å². The van der Waals surface area contributed by atoms with E-state index < -0.39 is 5.60 Å². The predicted octanol–water partition coefficient (Wildman–Crippen LogP) is 2.78. The Morgan fingerprint density at radius 1 is 1.39 bits per heavy atom. The van der Waals surface area contributed by atoms with Crippen molar-refractivity contribution in [1.82, 2.24) is 4.90 Å². The minimum atomic E-state index is -0.493. The standard InChI is InChI=1S/C14H23NO3/c1-6-8-11(16)14(7-2)9-15(10-14)12(17)18-13(3,4)5/h6H,1,7-10H2,2-5H3. The Kier molecular flexibility index (Phi) is 4.20. The van der Waals surface area contributed by atoms with Gasteiger partial charge in [0.15, 0.2) is 0 Å². The number of carbonyl (C=O) groups is 2. The lowest BCUT2D eigenvalue weighted by molar-refractivity contribution is -0.137. The second kappa shape index (κ2) is 5.12. The molecule has 0 radical (unpaired) electrons. The Hall–Kier alpha value is -1.32. The summed E-state index contributed by atoms with van der Waals surface area (Å²) in [6.07, 6.45) is 2.41. The van der Waals surface area contributed by atoms with Crippen LogP contribution >= 0.6 is 0 Å². The molecule has 102 valence electrons. The largest absolute Gasteiger partial charge is 0.444 e. The summed E-state index contributed by atoms with van der Waals surface area (Å²) in [5.74, 6) is 0.166. The van der Waals surface area contributed by atoms with Crippen molar-refractivity contribution >= 4 is 11.9 Å². The Bertz CT molecular complexity index is 349. The van der Waals surface area contributed by atoms with E-state index in [9.17, 15) is 9.59 Å². The fraction of sp³-hybridized carbons (Fsp3) is 0.714. The first-order chi connectivity index (χ1) is 8.24. The van der Waals surface area contributed by atoms with Crippen molar-refractivity contribution in [3.05, 3.63) is 12.7 Å². The van der Waals surface area contributed by atoms with Crippen LogP contribution < -0.4 is 0 Å². The minimum absolute atomic E-state index is 0.166. The number of carbonyl (C=O) groups excluding carboxylic acids is 2. The van der Waals surface area contributed by atoms with Crippen LogP contribution in [0.2, 0.25) is 0 Å². The lowest BCUT2D eigenvalue weighted by Gasteiger charge is -2.48. The van der Waals surface area contributed by atoms with Gasteiger partial charge in [-0.1, -0.05) is 13.0 Å². The fourth-order valence-electron chi connectivity index (χ4n) is 2.08. The third-order valence-corrected chi connectivity index (χ3v) is 3.24. The van der Waals surface area contributed by atoms with E-state index in [2.05, 4.69) is 6.58 Å². The summed E-state index contributed by atoms with van der Waals surface area (Å²) in [5.41, 5.74) is -0.877. The van der Waals surface area contributed by atoms with Gasteiger partial charge in [-0.25, -0.2) is 4.79 Å². The lowest BCUT2D eigenvalue weighted by Crippen LogP contribution is -2.62. The number of ether oxygens (including phenoxy) is 1. The van der Waals surface area contributed by atoms with Gasteiger partial charge in [0.2, 0.25) is 0 Å². The molecule has 0 unspecified atom stereocenters. The van der Waals surface area contributed by atoms with Crippen LogP contribution in [0.5, 0.6) is 0 Å². The lowest BCUT2D eigenvalue weighted by atomic mass is 9.73. The van der Waals surface area contributed by atoms with Crippen LogP contribution in [-0.2, 0) is 9.53 Å². The van der Waals surface area contributed by atoms with Crippen molar-refractivity contribution in [1.29, 1.82) is 0 Å². The van der Waals surface area contributed by atoms with Crippen LogP contribution in [0.1, 0.15) is 40.5 Å². The van der Waals surface area contributed by atoms with E-state index in [1.165, 1.54) is 0 Å². The quantitative estimate of drug-likeness (QED) is 0.724. The van der Waals surface area contributed by atoms with E-state index in [4.69, 9.17) is 4.74 Å². The van der Waals surface area contributed by atoms with Gasteiger partial charge in [-0.2, -0.15) is 0 Å². The van der Waals surface area contributed by atoms with Crippen LogP contribution in [0.15, 0.2) is 12.7 Å². The molecule has 0 spiro atoms. The number of nitrogens with zero attached hydrogens (tertiary/aromatic N) is 1. The monoisotopic (exact) mass is 253 g/mol. The Labute approximate surface area is 109 Å². The van der Waals surface area contributed by atoms with Crippen LogP contribution in [0, 0.1) is 5.41 Å². The molecule has 0 saturated carbocycles. The Morgan fingerprint density at radius 3 is 2.33 bits per heavy atom. The summed E-state index contributed by atoms with van der Waals surface area (Å²) in [6.45, 7) is 12.0. The summed E-state index contributed by atoms with van der Waals surface area (Å²) < 4.78 is 5.27. The van der Waals surface area contributed by atoms with Crippen LogP contribution in [0.3, 0.4) is 0 Å². The smallest absolute Gasteiger partial charge is 0.410 e. The van der Waals surface area contributed by atoms with Gasteiger partial charge in [0, 0.05) is 19.5 Å². The van der Waals surface area contributed by atoms with E-state index in [1.807, 2.05) is 27.7 Å². The van der Waals surface area contributed by atoms with Crippen LogP contribution in [0.4, 0.5) is 4.79 Å². The maximum atomic E-state index is 12.0. The normalized spacial score (nSPS) is 17.9. The molecular weight excluding hydrogens is 230 g/mol. The van der Waals surface area contributed by atoms with Crippen LogP contribution in [-0.4, -0.2) is 35.5 Å². The zero-order valence-electron chi connectivity index (χ0n) is 11.8. The molecule has 1 heterocycles. The molecule has 1 saturated heterocycles. The van der Waals surface area contributed by atoms with Crippen molar-refractivity contribution in [3.8, 4) is 0 Å². The van der Waals surface area contributed by atoms with Gasteiger partial charge >= 0.3 is 6.09 Å². The summed E-state index contributed by atoms with van der Waals surface area (Å²) in [5, 5.41) is 0. The molecule has 0 N–H and O–H groups in total. The Balaban J connectivity index is 2.57. The first-order valence-electron chi connectivity index (χ1n) is 6.36. The minimum Gasteiger partial charge on any atom is -0.444 e. The molecule has 18 heavy (non-hydrogen) atoms. The maximum absolute atomic E-state index is 12.0. The zero-order valence-corrected chi connectivity index (χ0v) is 11.8. The van der Waals surface area contributed by atoms with Gasteiger partial charge in [-0.15, -0.1) is 6.58 Å². The number of rotatable bonds is 4. The van der Waals surface area contributed by atoms with Gasteiger partial charge in [0.05, 0.1) is 5.41 Å². The predicted molar refractivity (Wildman–Crippen MR) is 70.4 cm³/mol. The van der Waals surface area contributed by atoms with Crippen molar-refractivity contribution in [2.75, 3.05) is 13.1 Å². The van der Waals surface area contributed by atoms with Gasteiger partial charge in [0.25, 0.3) is 0 Å². The molecule has 4 heteroatoms. The highest BCUT2D eigenvalue weighted by atomic mass is 16.6. The highest BCUT2D eigenvalue weighted by Crippen LogP contribution is 2.36. The van der Waals surface area contributed by atoms with E-state index >= 15 is 0 Å². The first-order valence-corrected chi connectivity index (χ1v) is 6.36. The Morgan fingerprint density at radius 2 is 1.94 bits per heavy atom. The number of amides is 1. The number of Topliss-reactive ketones (excluding diaryl/α,β-unsaturated/α-hetero) is 1. The van der Waals surface area contributed by atoms with Crippen molar-refractivity contribution in [2.24, 2.45) is 5.41 Å². The molecule has 1 amide bonds. The third-order valence-electron chi connectivity index (χ3n) is 3.24. The van der Waals surface area contributed by atoms with Crippen molar-refractivity contribution in [3.63, 3.8) is 0 Å².